The van der Waals surface area contributed by atoms with Crippen LogP contribution in [0.3, 0.4) is 0 Å². The molecule has 0 saturated carbocycles. The normalized spacial score (nSPS) is 25.9. The van der Waals surface area contributed by atoms with Gasteiger partial charge in [-0.05, 0) is 43.8 Å². The van der Waals surface area contributed by atoms with Gasteiger partial charge in [-0.25, -0.2) is 0 Å². The Kier molecular flexibility index (Phi) is 4.13. The highest BCUT2D eigenvalue weighted by Gasteiger charge is 2.35. The number of carbonyl (C=O) groups is 1. The van der Waals surface area contributed by atoms with Crippen LogP contribution in [-0.4, -0.2) is 5.78 Å². The minimum atomic E-state index is 0.0991. The summed E-state index contributed by atoms with van der Waals surface area (Å²) in [5.74, 6) is 0.465. The van der Waals surface area contributed by atoms with Gasteiger partial charge in [0.1, 0.15) is 0 Å². The number of hydrogen-bond donors (Lipinski definition) is 0. The summed E-state index contributed by atoms with van der Waals surface area (Å²) >= 11 is 0. The van der Waals surface area contributed by atoms with E-state index in [4.69, 9.17) is 0 Å². The number of Topliss-reactive ketones (excluding diaryl/α,β-unsaturated/α-hetero) is 1. The van der Waals surface area contributed by atoms with Gasteiger partial charge in [0.2, 0.25) is 0 Å². The molecule has 1 rings (SSSR count). The number of allylic oxidation sites excluding steroid dienone is 6. The highest BCUT2D eigenvalue weighted by atomic mass is 16.1. The lowest BCUT2D eigenvalue weighted by molar-refractivity contribution is -0.120. The summed E-state index contributed by atoms with van der Waals surface area (Å²) in [4.78, 5) is 12.0. The van der Waals surface area contributed by atoms with Gasteiger partial charge in [-0.3, -0.25) is 4.79 Å². The molecule has 0 radical (unpaired) electrons. The maximum absolute atomic E-state index is 12.0. The lowest BCUT2D eigenvalue weighted by Gasteiger charge is -2.35. The first kappa shape index (κ1) is 14.0. The van der Waals surface area contributed by atoms with Gasteiger partial charge in [0.25, 0.3) is 0 Å². The Hall–Kier alpha value is -1.11. The maximum Gasteiger partial charge on any atom is 0.161 e. The summed E-state index contributed by atoms with van der Waals surface area (Å²) in [5.41, 5.74) is 3.46. The standard InChI is InChI=1S/C16H24O/c1-7-11(2)8-9-14-13(4)15(17)12(3)10-16(14,5)6/h7-9,12H,10H2,1-6H3/b9-8+,11-7+/t12-/m0/s1. The maximum atomic E-state index is 12.0. The molecule has 0 heterocycles. The van der Waals surface area contributed by atoms with E-state index in [2.05, 4.69) is 39.0 Å². The highest BCUT2D eigenvalue weighted by molar-refractivity contribution is 5.98. The molecule has 1 aliphatic carbocycles. The molecule has 1 nitrogen and oxygen atoms in total. The smallest absolute Gasteiger partial charge is 0.161 e. The fourth-order valence-corrected chi connectivity index (χ4v) is 2.64. The second kappa shape index (κ2) is 5.03. The molecule has 0 aromatic heterocycles. The Morgan fingerprint density at radius 1 is 1.41 bits per heavy atom. The van der Waals surface area contributed by atoms with Crippen molar-refractivity contribution >= 4 is 5.78 Å². The Balaban J connectivity index is 3.17. The van der Waals surface area contributed by atoms with Gasteiger partial charge in [0, 0.05) is 5.92 Å². The highest BCUT2D eigenvalue weighted by Crippen LogP contribution is 2.41. The third-order valence-corrected chi connectivity index (χ3v) is 3.74. The van der Waals surface area contributed by atoms with Crippen LogP contribution in [0, 0.1) is 11.3 Å². The fraction of sp³-hybridized carbons (Fsp3) is 0.562. The molecule has 0 unspecified atom stereocenters. The number of hydrogen-bond acceptors (Lipinski definition) is 1. The average Bonchev–Trinajstić information content (AvgIpc) is 2.24. The van der Waals surface area contributed by atoms with Crippen molar-refractivity contribution in [3.63, 3.8) is 0 Å². The van der Waals surface area contributed by atoms with Crippen LogP contribution in [0.4, 0.5) is 0 Å². The van der Waals surface area contributed by atoms with E-state index >= 15 is 0 Å². The molecule has 0 spiro atoms. The van der Waals surface area contributed by atoms with E-state index in [0.29, 0.717) is 5.78 Å². The summed E-state index contributed by atoms with van der Waals surface area (Å²) in [6.45, 7) is 12.6. The molecule has 94 valence electrons. The third-order valence-electron chi connectivity index (χ3n) is 3.74. The summed E-state index contributed by atoms with van der Waals surface area (Å²) in [7, 11) is 0. The van der Waals surface area contributed by atoms with Crippen molar-refractivity contribution in [2.24, 2.45) is 11.3 Å². The molecular weight excluding hydrogens is 208 g/mol. The zero-order chi connectivity index (χ0) is 13.2. The van der Waals surface area contributed by atoms with Crippen molar-refractivity contribution in [1.29, 1.82) is 0 Å². The molecule has 0 N–H and O–H groups in total. The van der Waals surface area contributed by atoms with E-state index in [0.717, 1.165) is 12.0 Å². The first-order chi connectivity index (χ1) is 7.79. The van der Waals surface area contributed by atoms with Crippen molar-refractivity contribution in [2.75, 3.05) is 0 Å². The zero-order valence-corrected chi connectivity index (χ0v) is 11.9. The summed E-state index contributed by atoms with van der Waals surface area (Å²) in [6, 6.07) is 0. The molecular formula is C16H24O. The topological polar surface area (TPSA) is 17.1 Å². The van der Waals surface area contributed by atoms with Crippen molar-refractivity contribution in [3.8, 4) is 0 Å². The first-order valence-corrected chi connectivity index (χ1v) is 6.36. The molecule has 1 atom stereocenters. The van der Waals surface area contributed by atoms with E-state index in [9.17, 15) is 4.79 Å². The Morgan fingerprint density at radius 2 is 2.00 bits per heavy atom. The fourth-order valence-electron chi connectivity index (χ4n) is 2.64. The van der Waals surface area contributed by atoms with Crippen LogP contribution in [-0.2, 0) is 4.79 Å². The third kappa shape index (κ3) is 2.96. The van der Waals surface area contributed by atoms with Gasteiger partial charge < -0.3 is 0 Å². The number of carbonyl (C=O) groups excluding carboxylic acids is 1. The largest absolute Gasteiger partial charge is 0.294 e. The van der Waals surface area contributed by atoms with Gasteiger partial charge in [0.05, 0.1) is 0 Å². The Morgan fingerprint density at radius 3 is 2.53 bits per heavy atom. The Bertz CT molecular complexity index is 405. The van der Waals surface area contributed by atoms with Crippen LogP contribution in [0.5, 0.6) is 0 Å². The van der Waals surface area contributed by atoms with Crippen molar-refractivity contribution in [2.45, 2.75) is 48.0 Å². The summed E-state index contributed by atoms with van der Waals surface area (Å²) in [6.07, 6.45) is 7.24. The van der Waals surface area contributed by atoms with E-state index in [1.807, 2.05) is 20.8 Å². The van der Waals surface area contributed by atoms with E-state index < -0.39 is 0 Å². The zero-order valence-electron chi connectivity index (χ0n) is 11.9. The van der Waals surface area contributed by atoms with Crippen LogP contribution in [0.1, 0.15) is 48.0 Å². The van der Waals surface area contributed by atoms with Crippen LogP contribution in [0.15, 0.2) is 34.9 Å². The molecule has 1 aliphatic rings. The summed E-state index contributed by atoms with van der Waals surface area (Å²) in [5, 5.41) is 0. The van der Waals surface area contributed by atoms with Gasteiger partial charge >= 0.3 is 0 Å². The second-order valence-corrected chi connectivity index (χ2v) is 5.76. The lowest BCUT2D eigenvalue weighted by Crippen LogP contribution is -2.30. The van der Waals surface area contributed by atoms with E-state index in [1.54, 1.807) is 0 Å². The van der Waals surface area contributed by atoms with Gasteiger partial charge in [-0.1, -0.05) is 44.6 Å². The van der Waals surface area contributed by atoms with Gasteiger partial charge in [0.15, 0.2) is 5.78 Å². The van der Waals surface area contributed by atoms with Crippen LogP contribution >= 0.6 is 0 Å². The van der Waals surface area contributed by atoms with Crippen LogP contribution < -0.4 is 0 Å². The van der Waals surface area contributed by atoms with Crippen LogP contribution in [0.2, 0.25) is 0 Å². The van der Waals surface area contributed by atoms with Crippen molar-refractivity contribution in [1.82, 2.24) is 0 Å². The van der Waals surface area contributed by atoms with Crippen molar-refractivity contribution in [3.05, 3.63) is 34.9 Å². The first-order valence-electron chi connectivity index (χ1n) is 6.36. The van der Waals surface area contributed by atoms with Crippen LogP contribution in [0.25, 0.3) is 0 Å². The minimum Gasteiger partial charge on any atom is -0.294 e. The number of ketones is 1. The SMILES string of the molecule is C/C=C(C)/C=C/C1=C(C)C(=O)[C@@H](C)CC1(C)C. The minimum absolute atomic E-state index is 0.0991. The van der Waals surface area contributed by atoms with Gasteiger partial charge in [-0.2, -0.15) is 0 Å². The molecule has 0 bridgehead atoms. The molecule has 0 saturated heterocycles. The molecule has 1 heteroatoms. The number of rotatable bonds is 2. The molecule has 0 amide bonds. The quantitative estimate of drug-likeness (QED) is 0.642. The Labute approximate surface area is 105 Å². The molecule has 0 aromatic carbocycles. The van der Waals surface area contributed by atoms with E-state index in [-0.39, 0.29) is 11.3 Å². The molecule has 0 aliphatic heterocycles. The lowest BCUT2D eigenvalue weighted by atomic mass is 9.68. The predicted molar refractivity (Wildman–Crippen MR) is 73.8 cm³/mol. The monoisotopic (exact) mass is 232 g/mol. The second-order valence-electron chi connectivity index (χ2n) is 5.76. The van der Waals surface area contributed by atoms with Crippen molar-refractivity contribution < 1.29 is 4.79 Å². The molecule has 17 heavy (non-hydrogen) atoms. The van der Waals surface area contributed by atoms with E-state index in [1.165, 1.54) is 11.1 Å². The molecule has 0 fully saturated rings. The molecule has 0 aromatic rings. The summed E-state index contributed by atoms with van der Waals surface area (Å²) < 4.78 is 0. The average molecular weight is 232 g/mol. The predicted octanol–water partition coefficient (Wildman–Crippen LogP) is 4.46. The van der Waals surface area contributed by atoms with Gasteiger partial charge in [-0.15, -0.1) is 0 Å².